The number of fused-ring (bicyclic) bond motifs is 1. The van der Waals surface area contributed by atoms with Crippen LogP contribution in [0.5, 0.6) is 0 Å². The summed E-state index contributed by atoms with van der Waals surface area (Å²) in [6, 6.07) is 7.96. The number of likely N-dealkylation sites (tertiary alicyclic amines) is 1. The highest BCUT2D eigenvalue weighted by Crippen LogP contribution is 2.24. The van der Waals surface area contributed by atoms with Gasteiger partial charge in [0.2, 0.25) is 5.91 Å². The first-order valence-electron chi connectivity index (χ1n) is 7.78. The molecular formula is C17H20N2O4. The van der Waals surface area contributed by atoms with E-state index in [0.29, 0.717) is 12.8 Å². The first-order chi connectivity index (χ1) is 11.0. The van der Waals surface area contributed by atoms with Gasteiger partial charge in [0.15, 0.2) is 5.60 Å². The summed E-state index contributed by atoms with van der Waals surface area (Å²) in [6.07, 6.45) is 3.12. The minimum Gasteiger partial charge on any atom is -0.479 e. The fourth-order valence-corrected chi connectivity index (χ4v) is 3.08. The van der Waals surface area contributed by atoms with E-state index in [-0.39, 0.29) is 31.8 Å². The summed E-state index contributed by atoms with van der Waals surface area (Å²) in [4.78, 5) is 28.1. The number of aromatic nitrogens is 1. The van der Waals surface area contributed by atoms with Gasteiger partial charge in [0.05, 0.1) is 0 Å². The van der Waals surface area contributed by atoms with Crippen molar-refractivity contribution in [1.29, 1.82) is 0 Å². The van der Waals surface area contributed by atoms with Crippen molar-refractivity contribution in [3.05, 3.63) is 36.0 Å². The number of aliphatic hydroxyl groups is 1. The molecule has 0 atom stereocenters. The lowest BCUT2D eigenvalue weighted by atomic mass is 9.91. The molecule has 0 saturated carbocycles. The molecule has 0 spiro atoms. The summed E-state index contributed by atoms with van der Waals surface area (Å²) in [7, 11) is 0. The summed E-state index contributed by atoms with van der Waals surface area (Å²) in [5.41, 5.74) is 0.473. The highest BCUT2D eigenvalue weighted by atomic mass is 16.4. The Kier molecular flexibility index (Phi) is 4.09. The number of hydrogen-bond acceptors (Lipinski definition) is 3. The first kappa shape index (κ1) is 15.6. The number of para-hydroxylation sites is 1. The Labute approximate surface area is 133 Å². The molecule has 23 heavy (non-hydrogen) atoms. The fraction of sp³-hybridized carbons (Fsp3) is 0.412. The molecule has 1 aromatic carbocycles. The molecule has 122 valence electrons. The van der Waals surface area contributed by atoms with Crippen LogP contribution in [0.3, 0.4) is 0 Å². The zero-order valence-corrected chi connectivity index (χ0v) is 12.8. The van der Waals surface area contributed by atoms with Gasteiger partial charge in [-0.2, -0.15) is 0 Å². The lowest BCUT2D eigenvalue weighted by Gasteiger charge is -2.35. The zero-order valence-electron chi connectivity index (χ0n) is 12.8. The van der Waals surface area contributed by atoms with Crippen LogP contribution in [-0.2, 0) is 16.0 Å². The molecule has 1 fully saturated rings. The number of nitrogens with one attached hydrogen (secondary N) is 1. The van der Waals surface area contributed by atoms with Crippen LogP contribution < -0.4 is 0 Å². The average molecular weight is 316 g/mol. The molecule has 0 unspecified atom stereocenters. The number of carbonyl (C=O) groups is 2. The van der Waals surface area contributed by atoms with Crippen molar-refractivity contribution >= 4 is 22.8 Å². The van der Waals surface area contributed by atoms with Crippen LogP contribution in [-0.4, -0.2) is 50.7 Å². The molecule has 1 aliphatic heterocycles. The number of carboxylic acid groups (broad SMARTS) is 1. The van der Waals surface area contributed by atoms with Gasteiger partial charge in [0.1, 0.15) is 0 Å². The average Bonchev–Trinajstić information content (AvgIpc) is 2.96. The molecule has 3 N–H and O–H groups in total. The zero-order chi connectivity index (χ0) is 16.4. The lowest BCUT2D eigenvalue weighted by molar-refractivity contribution is -0.165. The van der Waals surface area contributed by atoms with E-state index in [2.05, 4.69) is 4.98 Å². The van der Waals surface area contributed by atoms with Crippen LogP contribution >= 0.6 is 0 Å². The molecule has 1 amide bonds. The number of hydrogen-bond donors (Lipinski definition) is 3. The highest BCUT2D eigenvalue weighted by Gasteiger charge is 2.40. The molecule has 6 heteroatoms. The Bertz CT molecular complexity index is 729. The van der Waals surface area contributed by atoms with Crippen molar-refractivity contribution in [2.75, 3.05) is 13.1 Å². The molecule has 1 aliphatic rings. The van der Waals surface area contributed by atoms with E-state index < -0.39 is 11.6 Å². The van der Waals surface area contributed by atoms with E-state index in [0.717, 1.165) is 16.5 Å². The van der Waals surface area contributed by atoms with Crippen LogP contribution in [0.1, 0.15) is 24.8 Å². The van der Waals surface area contributed by atoms with Crippen LogP contribution in [0.15, 0.2) is 30.5 Å². The molecule has 2 aromatic rings. The van der Waals surface area contributed by atoms with E-state index in [1.165, 1.54) is 0 Å². The number of aliphatic carboxylic acids is 1. The smallest absolute Gasteiger partial charge is 0.335 e. The Morgan fingerprint density at radius 2 is 1.91 bits per heavy atom. The van der Waals surface area contributed by atoms with Crippen molar-refractivity contribution in [2.24, 2.45) is 0 Å². The van der Waals surface area contributed by atoms with E-state index in [1.807, 2.05) is 30.5 Å². The monoisotopic (exact) mass is 316 g/mol. The topological polar surface area (TPSA) is 93.6 Å². The molecular weight excluding hydrogens is 296 g/mol. The quantitative estimate of drug-likeness (QED) is 0.797. The molecule has 0 bridgehead atoms. The molecule has 1 aromatic heterocycles. The number of carbonyl (C=O) groups excluding carboxylic acids is 1. The Hall–Kier alpha value is -2.34. The maximum Gasteiger partial charge on any atom is 0.335 e. The molecule has 1 saturated heterocycles. The number of amides is 1. The van der Waals surface area contributed by atoms with Gasteiger partial charge in [-0.15, -0.1) is 0 Å². The summed E-state index contributed by atoms with van der Waals surface area (Å²) >= 11 is 0. The number of benzene rings is 1. The van der Waals surface area contributed by atoms with Crippen molar-refractivity contribution in [3.63, 3.8) is 0 Å². The summed E-state index contributed by atoms with van der Waals surface area (Å²) in [5, 5.41) is 20.0. The van der Waals surface area contributed by atoms with Gasteiger partial charge in [-0.1, -0.05) is 18.2 Å². The standard InChI is InChI=1S/C17H20N2O4/c20-15(19-9-7-17(23,8-10-19)16(21)22)6-5-12-11-18-14-4-2-1-3-13(12)14/h1-4,11,18,23H,5-10H2,(H,21,22). The van der Waals surface area contributed by atoms with Gasteiger partial charge in [0.25, 0.3) is 0 Å². The number of nitrogens with zero attached hydrogens (tertiary/aromatic N) is 1. The van der Waals surface area contributed by atoms with Gasteiger partial charge in [0, 0.05) is 49.5 Å². The predicted molar refractivity (Wildman–Crippen MR) is 85.0 cm³/mol. The summed E-state index contributed by atoms with van der Waals surface area (Å²) in [5.74, 6) is -1.20. The van der Waals surface area contributed by atoms with Gasteiger partial charge in [-0.3, -0.25) is 4.79 Å². The van der Waals surface area contributed by atoms with Crippen molar-refractivity contribution in [3.8, 4) is 0 Å². The SMILES string of the molecule is O=C(CCc1c[nH]c2ccccc12)N1CCC(O)(C(=O)O)CC1. The van der Waals surface area contributed by atoms with Crippen LogP contribution in [0.25, 0.3) is 10.9 Å². The Morgan fingerprint density at radius 1 is 1.22 bits per heavy atom. The molecule has 2 heterocycles. The third-order valence-electron chi connectivity index (χ3n) is 4.62. The van der Waals surface area contributed by atoms with E-state index in [9.17, 15) is 14.7 Å². The molecule has 0 aliphatic carbocycles. The maximum atomic E-state index is 12.3. The van der Waals surface area contributed by atoms with Crippen LogP contribution in [0.2, 0.25) is 0 Å². The van der Waals surface area contributed by atoms with Crippen molar-refractivity contribution in [1.82, 2.24) is 9.88 Å². The molecule has 6 nitrogen and oxygen atoms in total. The second kappa shape index (κ2) is 6.04. The van der Waals surface area contributed by atoms with Gasteiger partial charge in [-0.05, 0) is 18.1 Å². The second-order valence-corrected chi connectivity index (χ2v) is 6.08. The highest BCUT2D eigenvalue weighted by molar-refractivity contribution is 5.84. The second-order valence-electron chi connectivity index (χ2n) is 6.08. The minimum absolute atomic E-state index is 0.00252. The lowest BCUT2D eigenvalue weighted by Crippen LogP contribution is -2.50. The van der Waals surface area contributed by atoms with Crippen LogP contribution in [0.4, 0.5) is 0 Å². The largest absolute Gasteiger partial charge is 0.479 e. The third-order valence-corrected chi connectivity index (χ3v) is 4.62. The summed E-state index contributed by atoms with van der Waals surface area (Å²) < 4.78 is 0. The maximum absolute atomic E-state index is 12.3. The number of aryl methyl sites for hydroxylation is 1. The number of H-pyrrole nitrogens is 1. The predicted octanol–water partition coefficient (Wildman–Crippen LogP) is 1.54. The van der Waals surface area contributed by atoms with Crippen molar-refractivity contribution in [2.45, 2.75) is 31.3 Å². The molecule has 0 radical (unpaired) electrons. The van der Waals surface area contributed by atoms with E-state index in [4.69, 9.17) is 5.11 Å². The van der Waals surface area contributed by atoms with Crippen molar-refractivity contribution < 1.29 is 19.8 Å². The minimum atomic E-state index is -1.69. The van der Waals surface area contributed by atoms with Crippen LogP contribution in [0, 0.1) is 0 Å². The van der Waals surface area contributed by atoms with E-state index in [1.54, 1.807) is 4.90 Å². The number of aromatic amines is 1. The number of piperidine rings is 1. The Balaban J connectivity index is 1.57. The van der Waals surface area contributed by atoms with Gasteiger partial charge in [-0.25, -0.2) is 4.79 Å². The first-order valence-corrected chi connectivity index (χ1v) is 7.78. The number of rotatable bonds is 4. The normalized spacial score (nSPS) is 17.3. The summed E-state index contributed by atoms with van der Waals surface area (Å²) in [6.45, 7) is 0.574. The third kappa shape index (κ3) is 3.07. The van der Waals surface area contributed by atoms with Gasteiger partial charge < -0.3 is 20.1 Å². The van der Waals surface area contributed by atoms with Gasteiger partial charge >= 0.3 is 5.97 Å². The Morgan fingerprint density at radius 3 is 2.61 bits per heavy atom. The van der Waals surface area contributed by atoms with E-state index >= 15 is 0 Å². The fourth-order valence-electron chi connectivity index (χ4n) is 3.08. The molecule has 3 rings (SSSR count). The number of carboxylic acids is 1.